The Kier molecular flexibility index (Phi) is 2.22. The molecule has 0 atom stereocenters. The van der Waals surface area contributed by atoms with Crippen LogP contribution in [0.4, 0.5) is 4.39 Å². The van der Waals surface area contributed by atoms with Crippen molar-refractivity contribution in [3.8, 4) is 11.4 Å². The molecule has 17 heavy (non-hydrogen) atoms. The van der Waals surface area contributed by atoms with Crippen LogP contribution in [0.15, 0.2) is 55.4 Å². The molecular weight excluding hydrogens is 219 g/mol. The predicted octanol–water partition coefficient (Wildman–Crippen LogP) is 2.20. The second-order valence-electron chi connectivity index (χ2n) is 3.56. The summed E-state index contributed by atoms with van der Waals surface area (Å²) in [7, 11) is 0. The number of halogens is 1. The van der Waals surface area contributed by atoms with Crippen molar-refractivity contribution in [1.29, 1.82) is 0 Å². The smallest absolute Gasteiger partial charge is 0.149 e. The number of hydrogen-bond acceptors (Lipinski definition) is 2. The largest absolute Gasteiger partial charge is 0.306 e. The first-order valence-corrected chi connectivity index (χ1v) is 5.12. The quantitative estimate of drug-likeness (QED) is 0.674. The predicted molar refractivity (Wildman–Crippen MR) is 60.6 cm³/mol. The van der Waals surface area contributed by atoms with Crippen LogP contribution >= 0.6 is 0 Å². The van der Waals surface area contributed by atoms with E-state index >= 15 is 0 Å². The Labute approximate surface area is 97.0 Å². The molecule has 0 aliphatic heterocycles. The number of rotatable bonds is 2. The molecule has 0 saturated heterocycles. The average molecular weight is 228 g/mol. The molecule has 0 amide bonds. The zero-order chi connectivity index (χ0) is 11.7. The fourth-order valence-corrected chi connectivity index (χ4v) is 1.66. The van der Waals surface area contributed by atoms with Crippen LogP contribution in [0.2, 0.25) is 0 Å². The lowest BCUT2D eigenvalue weighted by molar-refractivity contribution is 0.610. The molecule has 2 aromatic heterocycles. The lowest BCUT2D eigenvalue weighted by atomic mass is 10.2. The van der Waals surface area contributed by atoms with Gasteiger partial charge in [-0.3, -0.25) is 0 Å². The molecule has 0 spiro atoms. The summed E-state index contributed by atoms with van der Waals surface area (Å²) >= 11 is 0. The average Bonchev–Trinajstić information content (AvgIpc) is 3.03. The van der Waals surface area contributed by atoms with Gasteiger partial charge in [-0.25, -0.2) is 14.1 Å². The highest BCUT2D eigenvalue weighted by atomic mass is 19.1. The minimum absolute atomic E-state index is 0.308. The van der Waals surface area contributed by atoms with Gasteiger partial charge in [0.25, 0.3) is 0 Å². The van der Waals surface area contributed by atoms with E-state index in [-0.39, 0.29) is 5.82 Å². The lowest BCUT2D eigenvalue weighted by Gasteiger charge is -2.07. The summed E-state index contributed by atoms with van der Waals surface area (Å²) in [6.45, 7) is 0. The van der Waals surface area contributed by atoms with Gasteiger partial charge in [0, 0.05) is 30.5 Å². The zero-order valence-electron chi connectivity index (χ0n) is 8.86. The van der Waals surface area contributed by atoms with E-state index in [1.807, 2.05) is 4.57 Å². The van der Waals surface area contributed by atoms with E-state index in [2.05, 4.69) is 10.1 Å². The molecule has 3 aromatic rings. The minimum Gasteiger partial charge on any atom is -0.306 e. The highest BCUT2D eigenvalue weighted by Gasteiger charge is 2.06. The van der Waals surface area contributed by atoms with Crippen molar-refractivity contribution in [2.75, 3.05) is 0 Å². The maximum atomic E-state index is 13.7. The van der Waals surface area contributed by atoms with Crippen LogP contribution in [0, 0.1) is 5.82 Å². The molecule has 84 valence electrons. The first-order chi connectivity index (χ1) is 8.34. The first-order valence-electron chi connectivity index (χ1n) is 5.12. The van der Waals surface area contributed by atoms with Crippen molar-refractivity contribution >= 4 is 0 Å². The van der Waals surface area contributed by atoms with Crippen LogP contribution in [0.25, 0.3) is 11.4 Å². The monoisotopic (exact) mass is 228 g/mol. The summed E-state index contributed by atoms with van der Waals surface area (Å²) in [4.78, 5) is 3.96. The van der Waals surface area contributed by atoms with Gasteiger partial charge in [-0.05, 0) is 24.3 Å². The van der Waals surface area contributed by atoms with Gasteiger partial charge in [0.1, 0.15) is 11.5 Å². The van der Waals surface area contributed by atoms with Crippen molar-refractivity contribution in [3.63, 3.8) is 0 Å². The first kappa shape index (κ1) is 9.77. The van der Waals surface area contributed by atoms with Gasteiger partial charge in [0.2, 0.25) is 0 Å². The molecule has 2 heterocycles. The molecule has 0 N–H and O–H groups in total. The highest BCUT2D eigenvalue weighted by molar-refractivity contribution is 5.44. The summed E-state index contributed by atoms with van der Waals surface area (Å²) in [5.41, 5.74) is 1.26. The van der Waals surface area contributed by atoms with Crippen LogP contribution in [-0.2, 0) is 0 Å². The van der Waals surface area contributed by atoms with E-state index < -0.39 is 0 Å². The van der Waals surface area contributed by atoms with Gasteiger partial charge in [-0.2, -0.15) is 5.10 Å². The third-order valence-electron chi connectivity index (χ3n) is 2.48. The van der Waals surface area contributed by atoms with Crippen molar-refractivity contribution < 1.29 is 4.39 Å². The Morgan fingerprint density at radius 1 is 1.12 bits per heavy atom. The minimum atomic E-state index is -0.308. The third-order valence-corrected chi connectivity index (χ3v) is 2.48. The summed E-state index contributed by atoms with van der Waals surface area (Å²) in [6, 6.07) is 6.60. The Balaban J connectivity index is 2.13. The maximum Gasteiger partial charge on any atom is 0.149 e. The van der Waals surface area contributed by atoms with E-state index in [1.165, 1.54) is 10.7 Å². The second kappa shape index (κ2) is 3.86. The topological polar surface area (TPSA) is 35.6 Å². The Bertz CT molecular complexity index is 614. The molecule has 0 aliphatic rings. The fourth-order valence-electron chi connectivity index (χ4n) is 1.66. The number of imidazole rings is 1. The Morgan fingerprint density at radius 2 is 2.06 bits per heavy atom. The number of nitrogens with zero attached hydrogens (tertiary/aromatic N) is 4. The van der Waals surface area contributed by atoms with Crippen molar-refractivity contribution in [3.05, 3.63) is 61.2 Å². The summed E-state index contributed by atoms with van der Waals surface area (Å²) in [5.74, 6) is -0.308. The van der Waals surface area contributed by atoms with Crippen molar-refractivity contribution in [2.24, 2.45) is 0 Å². The molecule has 5 heteroatoms. The zero-order valence-corrected chi connectivity index (χ0v) is 8.86. The Morgan fingerprint density at radius 3 is 2.76 bits per heavy atom. The van der Waals surface area contributed by atoms with Crippen molar-refractivity contribution in [1.82, 2.24) is 19.3 Å². The molecule has 1 aromatic carbocycles. The molecule has 0 radical (unpaired) electrons. The van der Waals surface area contributed by atoms with E-state index in [9.17, 15) is 4.39 Å². The van der Waals surface area contributed by atoms with E-state index in [0.717, 1.165) is 5.69 Å². The van der Waals surface area contributed by atoms with E-state index in [4.69, 9.17) is 0 Å². The van der Waals surface area contributed by atoms with Crippen LogP contribution < -0.4 is 0 Å². The molecule has 0 fully saturated rings. The number of benzene rings is 1. The van der Waals surface area contributed by atoms with Crippen LogP contribution in [0.3, 0.4) is 0 Å². The highest BCUT2D eigenvalue weighted by Crippen LogP contribution is 2.17. The molecule has 0 unspecified atom stereocenters. The van der Waals surface area contributed by atoms with E-state index in [0.29, 0.717) is 5.69 Å². The second-order valence-corrected chi connectivity index (χ2v) is 3.56. The normalized spacial score (nSPS) is 10.6. The van der Waals surface area contributed by atoms with Crippen LogP contribution in [0.5, 0.6) is 0 Å². The van der Waals surface area contributed by atoms with Gasteiger partial charge in [-0.15, -0.1) is 0 Å². The Hall–Kier alpha value is -2.43. The molecule has 0 bridgehead atoms. The summed E-state index contributed by atoms with van der Waals surface area (Å²) < 4.78 is 17.0. The molecule has 3 rings (SSSR count). The van der Waals surface area contributed by atoms with Gasteiger partial charge < -0.3 is 4.57 Å². The standard InChI is InChI=1S/C12H9FN4/c13-11-3-2-10(16-7-5-14-9-16)8-12(11)17-6-1-4-15-17/h1-9H. The third kappa shape index (κ3) is 1.71. The van der Waals surface area contributed by atoms with Crippen LogP contribution in [0.1, 0.15) is 0 Å². The van der Waals surface area contributed by atoms with Crippen molar-refractivity contribution in [2.45, 2.75) is 0 Å². The van der Waals surface area contributed by atoms with E-state index in [1.54, 1.807) is 49.3 Å². The number of aromatic nitrogens is 4. The summed E-state index contributed by atoms with van der Waals surface area (Å²) in [6.07, 6.45) is 8.47. The molecule has 0 aliphatic carbocycles. The van der Waals surface area contributed by atoms with Gasteiger partial charge >= 0.3 is 0 Å². The van der Waals surface area contributed by atoms with Crippen LogP contribution in [-0.4, -0.2) is 19.3 Å². The molecule has 0 saturated carbocycles. The van der Waals surface area contributed by atoms with Gasteiger partial charge in [0.15, 0.2) is 0 Å². The molecular formula is C12H9FN4. The maximum absolute atomic E-state index is 13.7. The lowest BCUT2D eigenvalue weighted by Crippen LogP contribution is -2.00. The number of hydrogen-bond donors (Lipinski definition) is 0. The fraction of sp³-hybridized carbons (Fsp3) is 0. The van der Waals surface area contributed by atoms with Gasteiger partial charge in [0.05, 0.1) is 6.33 Å². The molecule has 4 nitrogen and oxygen atoms in total. The summed E-state index contributed by atoms with van der Waals surface area (Å²) in [5, 5.41) is 4.02. The SMILES string of the molecule is Fc1ccc(-n2ccnc2)cc1-n1cccn1. The van der Waals surface area contributed by atoms with Gasteiger partial charge in [-0.1, -0.05) is 0 Å².